The summed E-state index contributed by atoms with van der Waals surface area (Å²) in [6.07, 6.45) is -3.85. The minimum absolute atomic E-state index is 0.635. The molecule has 0 aliphatic carbocycles. The zero-order valence-electron chi connectivity index (χ0n) is 6.59. The summed E-state index contributed by atoms with van der Waals surface area (Å²) in [6, 6.07) is 0. The Morgan fingerprint density at radius 2 is 2.23 bits per heavy atom. The van der Waals surface area contributed by atoms with Crippen molar-refractivity contribution in [3.63, 3.8) is 0 Å². The highest BCUT2D eigenvalue weighted by Gasteiger charge is 2.28. The Bertz CT molecular complexity index is 192. The average molecular weight is 200 g/mol. The van der Waals surface area contributed by atoms with Gasteiger partial charge < -0.3 is 4.84 Å². The second-order valence-corrected chi connectivity index (χ2v) is 1.79. The first-order valence-corrected chi connectivity index (χ1v) is 3.01. The molecule has 0 aromatic carbocycles. The van der Waals surface area contributed by atoms with E-state index in [9.17, 15) is 18.0 Å². The molecule has 13 heavy (non-hydrogen) atoms. The molecule has 0 rings (SSSR count). The van der Waals surface area contributed by atoms with Crippen LogP contribution in [0.25, 0.3) is 0 Å². The second-order valence-electron chi connectivity index (χ2n) is 1.79. The Morgan fingerprint density at radius 1 is 1.62 bits per heavy atom. The monoisotopic (exact) mass is 200 g/mol. The van der Waals surface area contributed by atoms with Crippen LogP contribution in [-0.2, 0) is 14.5 Å². The lowest BCUT2D eigenvalue weighted by Gasteiger charge is -2.05. The van der Waals surface area contributed by atoms with Gasteiger partial charge in [0.2, 0.25) is 0 Å². The van der Waals surface area contributed by atoms with Crippen LogP contribution in [0.15, 0.2) is 5.16 Å². The van der Waals surface area contributed by atoms with Crippen LogP contribution in [0, 0.1) is 0 Å². The number of carbonyl (C=O) groups excluding carboxylic acids is 1. The molecular weight excluding hydrogens is 193 g/mol. The minimum Gasteiger partial charge on any atom is -0.399 e. The predicted molar refractivity (Wildman–Crippen MR) is 35.7 cm³/mol. The number of hydroxylamine groups is 1. The van der Waals surface area contributed by atoms with Crippen LogP contribution in [0.4, 0.5) is 13.2 Å². The fourth-order valence-corrected chi connectivity index (χ4v) is 0.316. The lowest BCUT2D eigenvalue weighted by Crippen LogP contribution is -2.30. The fraction of sp³-hybridized carbons (Fsp3) is 0.600. The molecule has 0 atom stereocenters. The molecule has 0 aliphatic rings. The van der Waals surface area contributed by atoms with Crippen LogP contribution in [0.1, 0.15) is 0 Å². The van der Waals surface area contributed by atoms with Crippen molar-refractivity contribution in [1.82, 2.24) is 5.48 Å². The van der Waals surface area contributed by atoms with Crippen molar-refractivity contribution in [2.45, 2.75) is 6.18 Å². The molecule has 0 fully saturated rings. The van der Waals surface area contributed by atoms with Gasteiger partial charge in [0.1, 0.15) is 13.3 Å². The summed E-state index contributed by atoms with van der Waals surface area (Å²) >= 11 is 0. The summed E-state index contributed by atoms with van der Waals surface area (Å²) in [5.74, 6) is -0.939. The third-order valence-corrected chi connectivity index (χ3v) is 0.684. The molecule has 0 spiro atoms. The van der Waals surface area contributed by atoms with Crippen LogP contribution in [0.5, 0.6) is 0 Å². The maximum atomic E-state index is 11.4. The molecule has 5 nitrogen and oxygen atoms in total. The Labute approximate surface area is 71.4 Å². The number of hydrogen-bond acceptors (Lipinski definition) is 4. The molecule has 0 heterocycles. The summed E-state index contributed by atoms with van der Waals surface area (Å²) in [6.45, 7) is -1.56. The van der Waals surface area contributed by atoms with E-state index in [1.54, 1.807) is 0 Å². The number of rotatable bonds is 4. The second kappa shape index (κ2) is 5.36. The Hall–Kier alpha value is -1.31. The van der Waals surface area contributed by atoms with Gasteiger partial charge in [0.15, 0.2) is 6.61 Å². The summed E-state index contributed by atoms with van der Waals surface area (Å²) in [5, 5.41) is 2.99. The molecular formula is C5H7F3N2O3. The van der Waals surface area contributed by atoms with Gasteiger partial charge in [0.25, 0.3) is 5.91 Å². The third-order valence-electron chi connectivity index (χ3n) is 0.684. The molecule has 1 N–H and O–H groups in total. The van der Waals surface area contributed by atoms with Gasteiger partial charge in [0.05, 0.1) is 0 Å². The highest BCUT2D eigenvalue weighted by Crippen LogP contribution is 2.13. The van der Waals surface area contributed by atoms with Crippen molar-refractivity contribution in [3.05, 3.63) is 0 Å². The highest BCUT2D eigenvalue weighted by atomic mass is 19.4. The first kappa shape index (κ1) is 11.7. The van der Waals surface area contributed by atoms with E-state index in [1.807, 2.05) is 0 Å². The maximum Gasteiger partial charge on any atom is 0.414 e. The van der Waals surface area contributed by atoms with E-state index in [4.69, 9.17) is 0 Å². The summed E-state index contributed by atoms with van der Waals surface area (Å²) in [7, 11) is 1.18. The maximum absolute atomic E-state index is 11.4. The third kappa shape index (κ3) is 8.60. The SMILES string of the molecule is CON=CC(=O)NOCC(F)(F)F. The number of halogens is 3. The Morgan fingerprint density at radius 3 is 2.69 bits per heavy atom. The van der Waals surface area contributed by atoms with Gasteiger partial charge in [-0.25, -0.2) is 5.48 Å². The number of oxime groups is 1. The number of carbonyl (C=O) groups is 1. The normalized spacial score (nSPS) is 11.7. The highest BCUT2D eigenvalue weighted by molar-refractivity contribution is 6.25. The van der Waals surface area contributed by atoms with Crippen molar-refractivity contribution in [1.29, 1.82) is 0 Å². The molecule has 0 aromatic heterocycles. The molecule has 1 amide bonds. The van der Waals surface area contributed by atoms with Gasteiger partial charge in [0, 0.05) is 0 Å². The van der Waals surface area contributed by atoms with Crippen molar-refractivity contribution in [2.24, 2.45) is 5.16 Å². The van der Waals surface area contributed by atoms with Gasteiger partial charge in [-0.3, -0.25) is 9.63 Å². The topological polar surface area (TPSA) is 59.9 Å². The molecule has 0 unspecified atom stereocenters. The van der Waals surface area contributed by atoms with Crippen molar-refractivity contribution in [2.75, 3.05) is 13.7 Å². The van der Waals surface area contributed by atoms with Crippen molar-refractivity contribution < 1.29 is 27.6 Å². The smallest absolute Gasteiger partial charge is 0.399 e. The van der Waals surface area contributed by atoms with Crippen LogP contribution in [-0.4, -0.2) is 32.0 Å². The van der Waals surface area contributed by atoms with Gasteiger partial charge >= 0.3 is 6.18 Å². The van der Waals surface area contributed by atoms with Gasteiger partial charge in [-0.2, -0.15) is 13.2 Å². The molecule has 0 bridgehead atoms. The molecule has 0 aromatic rings. The summed E-state index contributed by atoms with van der Waals surface area (Å²) in [5.41, 5.74) is 1.49. The van der Waals surface area contributed by atoms with E-state index in [2.05, 4.69) is 14.8 Å². The van der Waals surface area contributed by atoms with Crippen LogP contribution >= 0.6 is 0 Å². The van der Waals surface area contributed by atoms with Crippen LogP contribution in [0.2, 0.25) is 0 Å². The first-order valence-electron chi connectivity index (χ1n) is 3.01. The average Bonchev–Trinajstić information content (AvgIpc) is 1.98. The molecule has 76 valence electrons. The Balaban J connectivity index is 3.54. The number of nitrogens with one attached hydrogen (secondary N) is 1. The number of amides is 1. The predicted octanol–water partition coefficient (Wildman–Crippen LogP) is 0.229. The quantitative estimate of drug-likeness (QED) is 0.522. The number of hydrogen-bond donors (Lipinski definition) is 1. The van der Waals surface area contributed by atoms with E-state index in [1.165, 1.54) is 12.6 Å². The standard InChI is InChI=1S/C5H7F3N2O3/c1-12-9-2-4(11)10-13-3-5(6,7)8/h2H,3H2,1H3,(H,10,11). The van der Waals surface area contributed by atoms with E-state index in [0.717, 1.165) is 0 Å². The largest absolute Gasteiger partial charge is 0.414 e. The molecule has 0 saturated carbocycles. The van der Waals surface area contributed by atoms with E-state index < -0.39 is 18.7 Å². The van der Waals surface area contributed by atoms with E-state index in [0.29, 0.717) is 6.21 Å². The van der Waals surface area contributed by atoms with Crippen molar-refractivity contribution >= 4 is 12.1 Å². The molecule has 0 aliphatic heterocycles. The van der Waals surface area contributed by atoms with Gasteiger partial charge in [-0.05, 0) is 0 Å². The van der Waals surface area contributed by atoms with Crippen LogP contribution < -0.4 is 5.48 Å². The van der Waals surface area contributed by atoms with E-state index in [-0.39, 0.29) is 0 Å². The number of nitrogens with zero attached hydrogens (tertiary/aromatic N) is 1. The van der Waals surface area contributed by atoms with E-state index >= 15 is 0 Å². The zero-order valence-corrected chi connectivity index (χ0v) is 6.59. The number of alkyl halides is 3. The first-order chi connectivity index (χ1) is 5.95. The molecule has 0 saturated heterocycles. The van der Waals surface area contributed by atoms with Gasteiger partial charge in [-0.15, -0.1) is 0 Å². The summed E-state index contributed by atoms with van der Waals surface area (Å²) in [4.78, 5) is 18.3. The zero-order chi connectivity index (χ0) is 10.3. The molecule has 0 radical (unpaired) electrons. The van der Waals surface area contributed by atoms with Gasteiger partial charge in [-0.1, -0.05) is 5.16 Å². The summed E-state index contributed by atoms with van der Waals surface area (Å²) < 4.78 is 34.3. The van der Waals surface area contributed by atoms with Crippen molar-refractivity contribution in [3.8, 4) is 0 Å². The van der Waals surface area contributed by atoms with Crippen LogP contribution in [0.3, 0.4) is 0 Å². The minimum atomic E-state index is -4.48. The molecule has 8 heteroatoms. The fourth-order valence-electron chi connectivity index (χ4n) is 0.316. The lowest BCUT2D eigenvalue weighted by atomic mass is 10.7. The Kier molecular flexibility index (Phi) is 4.82. The lowest BCUT2D eigenvalue weighted by molar-refractivity contribution is -0.189.